The Hall–Kier alpha value is -0.850. The molecule has 0 unspecified atom stereocenters. The molecule has 3 nitrogen and oxygen atoms in total. The molecule has 0 fully saturated rings. The summed E-state index contributed by atoms with van der Waals surface area (Å²) in [7, 11) is 0. The normalized spacial score (nSPS) is 12.2. The molecule has 0 atom stereocenters. The number of halogens is 6. The summed E-state index contributed by atoms with van der Waals surface area (Å²) < 4.78 is 40.4. The first-order chi connectivity index (χ1) is 8.99. The van der Waals surface area contributed by atoms with Gasteiger partial charge in [0.2, 0.25) is 3.79 Å². The molecule has 1 N–H and O–H groups in total. The highest BCUT2D eigenvalue weighted by Gasteiger charge is 2.31. The second-order valence-electron chi connectivity index (χ2n) is 3.84. The summed E-state index contributed by atoms with van der Waals surface area (Å²) in [6, 6.07) is 2.94. The molecule has 112 valence electrons. The van der Waals surface area contributed by atoms with Gasteiger partial charge in [0.05, 0.1) is 5.56 Å². The number of anilines is 1. The van der Waals surface area contributed by atoms with Gasteiger partial charge < -0.3 is 4.74 Å². The van der Waals surface area contributed by atoms with Crippen LogP contribution in [0.1, 0.15) is 11.1 Å². The Labute approximate surface area is 127 Å². The lowest BCUT2D eigenvalue weighted by molar-refractivity contribution is -0.137. The van der Waals surface area contributed by atoms with Crippen LogP contribution >= 0.6 is 34.8 Å². The molecule has 0 heterocycles. The maximum atomic E-state index is 12.5. The molecule has 1 aromatic rings. The van der Waals surface area contributed by atoms with Gasteiger partial charge in [-0.15, -0.1) is 0 Å². The number of hydrogen-bond donors (Lipinski definition) is 1. The number of nitrogens with one attached hydrogen (secondary N) is 1. The standard InChI is InChI=1S/C11H9Cl3F3NO2/c1-6-2-3-7(11(15,16)17)4-8(6)18-9(19)20-5-10(12,13)14/h2-4H,5H2,1H3,(H,18,19). The maximum absolute atomic E-state index is 12.5. The average Bonchev–Trinajstić information content (AvgIpc) is 2.27. The van der Waals surface area contributed by atoms with E-state index >= 15 is 0 Å². The fourth-order valence-electron chi connectivity index (χ4n) is 1.23. The smallest absolute Gasteiger partial charge is 0.416 e. The number of amides is 1. The monoisotopic (exact) mass is 349 g/mol. The van der Waals surface area contributed by atoms with E-state index in [1.165, 1.54) is 13.0 Å². The van der Waals surface area contributed by atoms with Crippen molar-refractivity contribution in [1.82, 2.24) is 0 Å². The predicted molar refractivity (Wildman–Crippen MR) is 71.4 cm³/mol. The van der Waals surface area contributed by atoms with Crippen LogP contribution in [0.3, 0.4) is 0 Å². The molecule has 0 saturated carbocycles. The number of alkyl halides is 6. The van der Waals surface area contributed by atoms with Crippen molar-refractivity contribution in [3.05, 3.63) is 29.3 Å². The highest BCUT2D eigenvalue weighted by atomic mass is 35.6. The van der Waals surface area contributed by atoms with Gasteiger partial charge in [0, 0.05) is 5.69 Å². The molecule has 9 heteroatoms. The van der Waals surface area contributed by atoms with Crippen molar-refractivity contribution < 1.29 is 22.7 Å². The van der Waals surface area contributed by atoms with Crippen molar-refractivity contribution in [2.24, 2.45) is 0 Å². The molecule has 0 radical (unpaired) electrons. The summed E-state index contributed by atoms with van der Waals surface area (Å²) in [6.45, 7) is 1.01. The maximum Gasteiger partial charge on any atom is 0.416 e. The van der Waals surface area contributed by atoms with E-state index in [9.17, 15) is 18.0 Å². The van der Waals surface area contributed by atoms with Crippen LogP contribution in [0.2, 0.25) is 0 Å². The Bertz CT molecular complexity index is 501. The van der Waals surface area contributed by atoms with Gasteiger partial charge in [0.1, 0.15) is 6.61 Å². The lowest BCUT2D eigenvalue weighted by atomic mass is 10.1. The molecule has 1 aromatic carbocycles. The molecule has 1 amide bonds. The molecule has 0 spiro atoms. The highest BCUT2D eigenvalue weighted by molar-refractivity contribution is 6.67. The highest BCUT2D eigenvalue weighted by Crippen LogP contribution is 2.32. The fraction of sp³-hybridized carbons (Fsp3) is 0.364. The Kier molecular flexibility index (Phi) is 5.40. The largest absolute Gasteiger partial charge is 0.445 e. The van der Waals surface area contributed by atoms with E-state index < -0.39 is 28.2 Å². The number of ether oxygens (including phenoxy) is 1. The van der Waals surface area contributed by atoms with Crippen LogP contribution in [0, 0.1) is 6.92 Å². The van der Waals surface area contributed by atoms with Crippen LogP contribution < -0.4 is 5.32 Å². The van der Waals surface area contributed by atoms with Crippen LogP contribution in [0.15, 0.2) is 18.2 Å². The summed E-state index contributed by atoms with van der Waals surface area (Å²) in [6.07, 6.45) is -5.52. The third-order valence-electron chi connectivity index (χ3n) is 2.17. The first-order valence-electron chi connectivity index (χ1n) is 5.17. The van der Waals surface area contributed by atoms with E-state index in [1.807, 2.05) is 0 Å². The molecular weight excluding hydrogens is 341 g/mol. The molecule has 0 aliphatic carbocycles. The minimum Gasteiger partial charge on any atom is -0.445 e. The van der Waals surface area contributed by atoms with Gasteiger partial charge in [-0.3, -0.25) is 5.32 Å². The van der Waals surface area contributed by atoms with Gasteiger partial charge in [0.25, 0.3) is 0 Å². The second kappa shape index (κ2) is 6.28. The van der Waals surface area contributed by atoms with Crippen molar-refractivity contribution in [1.29, 1.82) is 0 Å². The van der Waals surface area contributed by atoms with E-state index in [4.69, 9.17) is 34.8 Å². The first kappa shape index (κ1) is 17.2. The SMILES string of the molecule is Cc1ccc(C(F)(F)F)cc1NC(=O)OCC(Cl)(Cl)Cl. The second-order valence-corrected chi connectivity index (χ2v) is 6.36. The molecular formula is C11H9Cl3F3NO2. The van der Waals surface area contributed by atoms with Crippen LogP contribution in [0.4, 0.5) is 23.7 Å². The van der Waals surface area contributed by atoms with E-state index in [-0.39, 0.29) is 5.69 Å². The van der Waals surface area contributed by atoms with Gasteiger partial charge in [-0.05, 0) is 24.6 Å². The molecule has 0 aromatic heterocycles. The predicted octanol–water partition coefficient (Wildman–Crippen LogP) is 4.93. The Morgan fingerprint density at radius 3 is 2.40 bits per heavy atom. The van der Waals surface area contributed by atoms with Crippen molar-refractivity contribution >= 4 is 46.6 Å². The Balaban J connectivity index is 2.79. The van der Waals surface area contributed by atoms with Crippen molar-refractivity contribution in [2.45, 2.75) is 16.9 Å². The summed E-state index contributed by atoms with van der Waals surface area (Å²) in [5, 5.41) is 2.16. The van der Waals surface area contributed by atoms with Gasteiger partial charge in [0.15, 0.2) is 0 Å². The lowest BCUT2D eigenvalue weighted by Gasteiger charge is -2.14. The zero-order valence-electron chi connectivity index (χ0n) is 10.0. The third-order valence-corrected chi connectivity index (χ3v) is 2.50. The zero-order chi connectivity index (χ0) is 15.6. The van der Waals surface area contributed by atoms with Gasteiger partial charge in [-0.25, -0.2) is 4.79 Å². The summed E-state index contributed by atoms with van der Waals surface area (Å²) in [5.41, 5.74) is -0.488. The quantitative estimate of drug-likeness (QED) is 0.768. The summed E-state index contributed by atoms with van der Waals surface area (Å²) in [4.78, 5) is 11.4. The summed E-state index contributed by atoms with van der Waals surface area (Å²) in [5.74, 6) is 0. The topological polar surface area (TPSA) is 38.3 Å². The summed E-state index contributed by atoms with van der Waals surface area (Å²) >= 11 is 16.1. The Morgan fingerprint density at radius 1 is 1.30 bits per heavy atom. The number of carbonyl (C=O) groups excluding carboxylic acids is 1. The van der Waals surface area contributed by atoms with Gasteiger partial charge in [-0.1, -0.05) is 40.9 Å². The molecule has 0 aliphatic rings. The van der Waals surface area contributed by atoms with Crippen molar-refractivity contribution in [2.75, 3.05) is 11.9 Å². The van der Waals surface area contributed by atoms with E-state index in [1.54, 1.807) is 0 Å². The fourth-order valence-corrected chi connectivity index (χ4v) is 1.39. The van der Waals surface area contributed by atoms with E-state index in [0.29, 0.717) is 5.56 Å². The number of hydrogen-bond acceptors (Lipinski definition) is 2. The number of aryl methyl sites for hydroxylation is 1. The Morgan fingerprint density at radius 2 is 1.90 bits per heavy atom. The van der Waals surface area contributed by atoms with Crippen molar-refractivity contribution in [3.63, 3.8) is 0 Å². The molecule has 0 aliphatic heterocycles. The molecule has 0 bridgehead atoms. The third kappa shape index (κ3) is 5.64. The molecule has 1 rings (SSSR count). The first-order valence-corrected chi connectivity index (χ1v) is 6.31. The number of benzene rings is 1. The lowest BCUT2D eigenvalue weighted by Crippen LogP contribution is -2.21. The van der Waals surface area contributed by atoms with Crippen LogP contribution in [0.25, 0.3) is 0 Å². The molecule has 20 heavy (non-hydrogen) atoms. The van der Waals surface area contributed by atoms with Gasteiger partial charge in [-0.2, -0.15) is 13.2 Å². The minimum atomic E-state index is -4.51. The minimum absolute atomic E-state index is 0.0332. The van der Waals surface area contributed by atoms with E-state index in [2.05, 4.69) is 10.1 Å². The van der Waals surface area contributed by atoms with Gasteiger partial charge >= 0.3 is 12.3 Å². The number of carbonyl (C=O) groups is 1. The zero-order valence-corrected chi connectivity index (χ0v) is 12.3. The van der Waals surface area contributed by atoms with Crippen molar-refractivity contribution in [3.8, 4) is 0 Å². The molecule has 0 saturated heterocycles. The van der Waals surface area contributed by atoms with E-state index in [0.717, 1.165) is 12.1 Å². The van der Waals surface area contributed by atoms with Crippen LogP contribution in [-0.4, -0.2) is 16.5 Å². The van der Waals surface area contributed by atoms with Crippen LogP contribution in [-0.2, 0) is 10.9 Å². The number of rotatable bonds is 2. The van der Waals surface area contributed by atoms with Crippen LogP contribution in [0.5, 0.6) is 0 Å². The average molecular weight is 351 g/mol.